The molecule has 1 fully saturated rings. The molecule has 1 aliphatic heterocycles. The average molecular weight is 574 g/mol. The van der Waals surface area contributed by atoms with E-state index in [1.807, 2.05) is 5.32 Å². The fourth-order valence-electron chi connectivity index (χ4n) is 4.42. The summed E-state index contributed by atoms with van der Waals surface area (Å²) in [5.41, 5.74) is -0.841. The Morgan fingerprint density at radius 1 is 0.875 bits per heavy atom. The minimum Gasteiger partial charge on any atom is -0.444 e. The number of alkyl halides is 3. The van der Waals surface area contributed by atoms with Crippen molar-refractivity contribution in [3.8, 4) is 0 Å². The molecule has 0 saturated carbocycles. The van der Waals surface area contributed by atoms with E-state index in [9.17, 15) is 27.6 Å². The minimum atomic E-state index is -5.04. The van der Waals surface area contributed by atoms with Crippen LogP contribution in [0.1, 0.15) is 111 Å². The van der Waals surface area contributed by atoms with Crippen LogP contribution >= 0.6 is 0 Å². The van der Waals surface area contributed by atoms with Crippen LogP contribution in [0.4, 0.5) is 18.0 Å². The first kappa shape index (κ1) is 35.5. The van der Waals surface area contributed by atoms with Gasteiger partial charge in [-0.3, -0.25) is 14.5 Å². The molecule has 0 aromatic carbocycles. The molecule has 0 aromatic rings. The maximum Gasteiger partial charge on any atom is 0.471 e. The quantitative estimate of drug-likeness (QED) is 0.145. The molecule has 3 amide bonds. The van der Waals surface area contributed by atoms with Crippen LogP contribution in [0.2, 0.25) is 0 Å². The lowest BCUT2D eigenvalue weighted by Crippen LogP contribution is -2.48. The van der Waals surface area contributed by atoms with Gasteiger partial charge in [0.25, 0.3) is 0 Å². The zero-order valence-corrected chi connectivity index (χ0v) is 24.8. The molecule has 0 aromatic heterocycles. The van der Waals surface area contributed by atoms with Gasteiger partial charge in [-0.15, -0.1) is 0 Å². The molecular formula is C30H50F3N3O4. The van der Waals surface area contributed by atoms with E-state index in [-0.39, 0.29) is 13.0 Å². The van der Waals surface area contributed by atoms with Gasteiger partial charge in [-0.05, 0) is 65.7 Å². The highest BCUT2D eigenvalue weighted by atomic mass is 19.4. The predicted molar refractivity (Wildman–Crippen MR) is 152 cm³/mol. The van der Waals surface area contributed by atoms with Gasteiger partial charge in [0, 0.05) is 19.1 Å². The van der Waals surface area contributed by atoms with Gasteiger partial charge in [-0.25, -0.2) is 4.79 Å². The van der Waals surface area contributed by atoms with Crippen LogP contribution in [0.15, 0.2) is 24.3 Å². The summed E-state index contributed by atoms with van der Waals surface area (Å²) in [5.74, 6) is -2.55. The molecule has 40 heavy (non-hydrogen) atoms. The Kier molecular flexibility index (Phi) is 16.6. The van der Waals surface area contributed by atoms with Gasteiger partial charge < -0.3 is 15.4 Å². The molecule has 0 bridgehead atoms. The summed E-state index contributed by atoms with van der Waals surface area (Å²) >= 11 is 0. The Bertz CT molecular complexity index is 822. The van der Waals surface area contributed by atoms with Gasteiger partial charge in [-0.2, -0.15) is 13.2 Å². The number of allylic oxidation sites excluding steroid dienone is 4. The fourth-order valence-corrected chi connectivity index (χ4v) is 4.42. The van der Waals surface area contributed by atoms with Crippen LogP contribution in [0.25, 0.3) is 0 Å². The molecular weight excluding hydrogens is 523 g/mol. The Labute approximate surface area is 238 Å². The van der Waals surface area contributed by atoms with E-state index in [0.29, 0.717) is 6.54 Å². The molecule has 1 saturated heterocycles. The van der Waals surface area contributed by atoms with Gasteiger partial charge in [-0.1, -0.05) is 69.8 Å². The number of ether oxygens (including phenoxy) is 1. The smallest absolute Gasteiger partial charge is 0.444 e. The third kappa shape index (κ3) is 15.9. The zero-order valence-electron chi connectivity index (χ0n) is 24.8. The number of hydrogen-bond acceptors (Lipinski definition) is 4. The van der Waals surface area contributed by atoms with Gasteiger partial charge >= 0.3 is 18.2 Å². The summed E-state index contributed by atoms with van der Waals surface area (Å²) in [6.45, 7) is 7.36. The second kappa shape index (κ2) is 18.8. The van der Waals surface area contributed by atoms with E-state index < -0.39 is 41.8 Å². The molecule has 1 rings (SSSR count). The van der Waals surface area contributed by atoms with Crippen LogP contribution in [0, 0.1) is 0 Å². The van der Waals surface area contributed by atoms with E-state index in [1.165, 1.54) is 25.7 Å². The maximum absolute atomic E-state index is 12.8. The molecule has 0 radical (unpaired) electrons. The van der Waals surface area contributed by atoms with Gasteiger partial charge in [0.05, 0.1) is 0 Å². The highest BCUT2D eigenvalue weighted by molar-refractivity contribution is 5.87. The molecule has 1 heterocycles. The summed E-state index contributed by atoms with van der Waals surface area (Å²) in [6, 6.07) is -2.02. The summed E-state index contributed by atoms with van der Waals surface area (Å²) in [4.78, 5) is 37.9. The Morgan fingerprint density at radius 3 is 2.02 bits per heavy atom. The van der Waals surface area contributed by atoms with Crippen LogP contribution in [-0.4, -0.2) is 59.8 Å². The second-order valence-corrected chi connectivity index (χ2v) is 11.4. The van der Waals surface area contributed by atoms with Crippen LogP contribution < -0.4 is 10.6 Å². The lowest BCUT2D eigenvalue weighted by atomic mass is 10.1. The largest absolute Gasteiger partial charge is 0.471 e. The third-order valence-corrected chi connectivity index (χ3v) is 6.50. The number of hydrogen-bond donors (Lipinski definition) is 2. The zero-order chi connectivity index (χ0) is 30.0. The van der Waals surface area contributed by atoms with E-state index in [2.05, 4.69) is 36.5 Å². The maximum atomic E-state index is 12.8. The van der Waals surface area contributed by atoms with Crippen LogP contribution in [0.3, 0.4) is 0 Å². The van der Waals surface area contributed by atoms with Crippen molar-refractivity contribution in [1.82, 2.24) is 15.5 Å². The molecule has 230 valence electrons. The first-order valence-electron chi connectivity index (χ1n) is 14.8. The lowest BCUT2D eigenvalue weighted by Gasteiger charge is -2.28. The molecule has 7 nitrogen and oxygen atoms in total. The van der Waals surface area contributed by atoms with Gasteiger partial charge in [0.15, 0.2) is 0 Å². The third-order valence-electron chi connectivity index (χ3n) is 6.50. The Morgan fingerprint density at radius 2 is 1.45 bits per heavy atom. The first-order valence-corrected chi connectivity index (χ1v) is 14.8. The highest BCUT2D eigenvalue weighted by Crippen LogP contribution is 2.23. The van der Waals surface area contributed by atoms with Crippen molar-refractivity contribution in [1.29, 1.82) is 0 Å². The summed E-state index contributed by atoms with van der Waals surface area (Å²) in [5, 5.41) is 4.66. The van der Waals surface area contributed by atoms with Crippen molar-refractivity contribution in [3.05, 3.63) is 24.3 Å². The number of carbonyl (C=O) groups excluding carboxylic acids is 3. The van der Waals surface area contributed by atoms with E-state index >= 15 is 0 Å². The topological polar surface area (TPSA) is 87.7 Å². The molecule has 10 heteroatoms. The lowest BCUT2D eigenvalue weighted by molar-refractivity contribution is -0.174. The van der Waals surface area contributed by atoms with Crippen molar-refractivity contribution >= 4 is 17.9 Å². The molecule has 1 aliphatic rings. The van der Waals surface area contributed by atoms with Crippen molar-refractivity contribution in [3.63, 3.8) is 0 Å². The minimum absolute atomic E-state index is 0.114. The van der Waals surface area contributed by atoms with Crippen LogP contribution in [0.5, 0.6) is 0 Å². The number of nitrogens with zero attached hydrogens (tertiary/aromatic N) is 1. The van der Waals surface area contributed by atoms with Gasteiger partial charge in [0.1, 0.15) is 11.6 Å². The molecule has 2 atom stereocenters. The molecule has 0 spiro atoms. The predicted octanol–water partition coefficient (Wildman–Crippen LogP) is 6.97. The molecule has 2 N–H and O–H groups in total. The van der Waals surface area contributed by atoms with Crippen molar-refractivity contribution < 1.29 is 32.3 Å². The number of amides is 3. The Balaban J connectivity index is 2.30. The summed E-state index contributed by atoms with van der Waals surface area (Å²) in [7, 11) is 0. The number of carbonyl (C=O) groups is 3. The van der Waals surface area contributed by atoms with E-state index in [4.69, 9.17) is 4.74 Å². The normalized spacial score (nSPS) is 18.0. The second-order valence-electron chi connectivity index (χ2n) is 11.4. The summed E-state index contributed by atoms with van der Waals surface area (Å²) in [6.07, 6.45) is 16.3. The average Bonchev–Trinajstić information content (AvgIpc) is 3.28. The number of halogens is 3. The molecule has 2 unspecified atom stereocenters. The monoisotopic (exact) mass is 573 g/mol. The van der Waals surface area contributed by atoms with Crippen LogP contribution in [-0.2, 0) is 14.3 Å². The fraction of sp³-hybridized carbons (Fsp3) is 0.767. The van der Waals surface area contributed by atoms with E-state index in [1.54, 1.807) is 20.8 Å². The molecule has 0 aliphatic carbocycles. The van der Waals surface area contributed by atoms with E-state index in [0.717, 1.165) is 56.3 Å². The number of nitrogens with one attached hydrogen (secondary N) is 2. The van der Waals surface area contributed by atoms with Gasteiger partial charge in [0.2, 0.25) is 5.91 Å². The standard InChI is InChI=1S/C30H50F3N3O4/c1-5-6-7-8-9-10-11-12-13-14-15-16-17-18-19-20-21-34-26(37)25-22-24(35-27(38)30(31,32)33)23-36(25)28(39)40-29(2,3)4/h9-10,12-13,24-25H,5-8,11,14-23H2,1-4H3,(H,34,37)(H,35,38). The number of rotatable bonds is 17. The van der Waals surface area contributed by atoms with Crippen molar-refractivity contribution in [2.24, 2.45) is 0 Å². The number of unbranched alkanes of at least 4 members (excludes halogenated alkanes) is 9. The Hall–Kier alpha value is -2.52. The SMILES string of the molecule is CCCCCC=CCC=CCCCCCCCCNC(=O)C1CC(NC(=O)C(F)(F)F)CN1C(=O)OC(C)(C)C. The number of likely N-dealkylation sites (tertiary alicyclic amines) is 1. The van der Waals surface area contributed by atoms with Crippen molar-refractivity contribution in [2.45, 2.75) is 135 Å². The highest BCUT2D eigenvalue weighted by Gasteiger charge is 2.45. The first-order chi connectivity index (χ1) is 18.8. The summed E-state index contributed by atoms with van der Waals surface area (Å²) < 4.78 is 43.4. The van der Waals surface area contributed by atoms with Crippen molar-refractivity contribution in [2.75, 3.05) is 13.1 Å².